The van der Waals surface area contributed by atoms with Crippen molar-refractivity contribution in [3.63, 3.8) is 0 Å². The Morgan fingerprint density at radius 1 is 1.59 bits per heavy atom. The average Bonchev–Trinajstić information content (AvgIpc) is 2.91. The molecular formula is C13H21BrN2S. The summed E-state index contributed by atoms with van der Waals surface area (Å²) in [7, 11) is 0. The number of halogens is 1. The van der Waals surface area contributed by atoms with E-state index in [0.29, 0.717) is 5.41 Å². The maximum atomic E-state index is 3.64. The van der Waals surface area contributed by atoms with Gasteiger partial charge in [0.25, 0.3) is 0 Å². The van der Waals surface area contributed by atoms with Crippen molar-refractivity contribution in [3.05, 3.63) is 20.8 Å². The molecule has 2 N–H and O–H groups in total. The van der Waals surface area contributed by atoms with Gasteiger partial charge in [0.2, 0.25) is 0 Å². The Morgan fingerprint density at radius 2 is 2.47 bits per heavy atom. The smallest absolute Gasteiger partial charge is 0.0327 e. The fraction of sp³-hybridized carbons (Fsp3) is 0.692. The van der Waals surface area contributed by atoms with Crippen LogP contribution in [0.5, 0.6) is 0 Å². The van der Waals surface area contributed by atoms with Crippen LogP contribution in [-0.4, -0.2) is 19.6 Å². The Labute approximate surface area is 116 Å². The van der Waals surface area contributed by atoms with Crippen LogP contribution in [0.15, 0.2) is 15.9 Å². The largest absolute Gasteiger partial charge is 0.316 e. The van der Waals surface area contributed by atoms with Crippen molar-refractivity contribution in [2.24, 2.45) is 5.41 Å². The Morgan fingerprint density at radius 3 is 3.06 bits per heavy atom. The van der Waals surface area contributed by atoms with Crippen molar-refractivity contribution in [1.82, 2.24) is 10.6 Å². The van der Waals surface area contributed by atoms with Crippen molar-refractivity contribution in [3.8, 4) is 0 Å². The zero-order valence-electron chi connectivity index (χ0n) is 10.4. The third-order valence-electron chi connectivity index (χ3n) is 3.59. The Bertz CT molecular complexity index is 345. The zero-order chi connectivity index (χ0) is 12.1. The summed E-state index contributed by atoms with van der Waals surface area (Å²) in [5.41, 5.74) is 0.498. The van der Waals surface area contributed by atoms with E-state index in [1.807, 2.05) is 11.3 Å². The lowest BCUT2D eigenvalue weighted by Gasteiger charge is -2.28. The highest BCUT2D eigenvalue weighted by Crippen LogP contribution is 2.30. The van der Waals surface area contributed by atoms with E-state index in [0.717, 1.165) is 13.1 Å². The summed E-state index contributed by atoms with van der Waals surface area (Å²) in [6.45, 7) is 6.78. The minimum atomic E-state index is 0.498. The predicted octanol–water partition coefficient (Wildman–Crippen LogP) is 3.38. The lowest BCUT2D eigenvalue weighted by atomic mass is 9.82. The van der Waals surface area contributed by atoms with Gasteiger partial charge in [-0.1, -0.05) is 13.3 Å². The van der Waals surface area contributed by atoms with E-state index in [1.54, 1.807) is 0 Å². The van der Waals surface area contributed by atoms with Crippen LogP contribution in [-0.2, 0) is 6.54 Å². The first-order valence-corrected chi connectivity index (χ1v) is 8.06. The molecule has 1 unspecified atom stereocenters. The van der Waals surface area contributed by atoms with Crippen molar-refractivity contribution in [2.45, 2.75) is 32.7 Å². The second-order valence-corrected chi connectivity index (χ2v) is 6.83. The molecule has 0 bridgehead atoms. The summed E-state index contributed by atoms with van der Waals surface area (Å²) in [5, 5.41) is 9.28. The fourth-order valence-corrected chi connectivity index (χ4v) is 4.13. The molecule has 0 amide bonds. The van der Waals surface area contributed by atoms with Gasteiger partial charge in [0.05, 0.1) is 0 Å². The van der Waals surface area contributed by atoms with Crippen LogP contribution in [0.25, 0.3) is 0 Å². The second kappa shape index (κ2) is 6.32. The van der Waals surface area contributed by atoms with Gasteiger partial charge in [-0.2, -0.15) is 0 Å². The monoisotopic (exact) mass is 316 g/mol. The molecule has 1 aromatic heterocycles. The van der Waals surface area contributed by atoms with Gasteiger partial charge in [-0.3, -0.25) is 0 Å². The number of rotatable bonds is 6. The Balaban J connectivity index is 1.82. The third-order valence-corrected chi connectivity index (χ3v) is 5.52. The summed E-state index contributed by atoms with van der Waals surface area (Å²) < 4.78 is 1.24. The highest BCUT2D eigenvalue weighted by Gasteiger charge is 2.32. The molecule has 1 atom stereocenters. The molecule has 2 nitrogen and oxygen atoms in total. The SMILES string of the molecule is CCCC1(CNCc2sccc2Br)CCNC1. The van der Waals surface area contributed by atoms with Crippen molar-refractivity contribution in [1.29, 1.82) is 0 Å². The molecule has 2 rings (SSSR count). The minimum Gasteiger partial charge on any atom is -0.316 e. The standard InChI is InChI=1S/C13H21BrN2S/c1-2-4-13(5-6-15-9-13)10-16-8-12-11(14)3-7-17-12/h3,7,15-16H,2,4-6,8-10H2,1H3. The lowest BCUT2D eigenvalue weighted by molar-refractivity contribution is 0.276. The molecule has 1 aliphatic heterocycles. The van der Waals surface area contributed by atoms with Crippen LogP contribution in [0.4, 0.5) is 0 Å². The third kappa shape index (κ3) is 3.53. The van der Waals surface area contributed by atoms with Crippen molar-refractivity contribution in [2.75, 3.05) is 19.6 Å². The number of thiophene rings is 1. The highest BCUT2D eigenvalue weighted by atomic mass is 79.9. The van der Waals surface area contributed by atoms with Crippen LogP contribution in [0, 0.1) is 5.41 Å². The molecule has 0 radical (unpaired) electrons. The molecule has 1 saturated heterocycles. The van der Waals surface area contributed by atoms with Gasteiger partial charge in [-0.05, 0) is 52.2 Å². The van der Waals surface area contributed by atoms with Gasteiger partial charge < -0.3 is 10.6 Å². The summed E-state index contributed by atoms with van der Waals surface area (Å²) in [6, 6.07) is 2.13. The van der Waals surface area contributed by atoms with Gasteiger partial charge in [0.15, 0.2) is 0 Å². The van der Waals surface area contributed by atoms with E-state index < -0.39 is 0 Å². The van der Waals surface area contributed by atoms with Crippen LogP contribution in [0.1, 0.15) is 31.1 Å². The normalized spacial score (nSPS) is 24.4. The molecule has 0 spiro atoms. The molecular weight excluding hydrogens is 296 g/mol. The van der Waals surface area contributed by atoms with Crippen LogP contribution in [0.3, 0.4) is 0 Å². The molecule has 17 heavy (non-hydrogen) atoms. The maximum Gasteiger partial charge on any atom is 0.0327 e. The van der Waals surface area contributed by atoms with E-state index in [9.17, 15) is 0 Å². The number of nitrogens with one attached hydrogen (secondary N) is 2. The first-order chi connectivity index (χ1) is 8.26. The highest BCUT2D eigenvalue weighted by molar-refractivity contribution is 9.10. The maximum absolute atomic E-state index is 3.64. The predicted molar refractivity (Wildman–Crippen MR) is 78.6 cm³/mol. The van der Waals surface area contributed by atoms with Crippen LogP contribution < -0.4 is 10.6 Å². The molecule has 96 valence electrons. The molecule has 0 saturated carbocycles. The molecule has 2 heterocycles. The van der Waals surface area contributed by atoms with E-state index in [1.165, 1.54) is 41.7 Å². The molecule has 1 fully saturated rings. The zero-order valence-corrected chi connectivity index (χ0v) is 12.8. The second-order valence-electron chi connectivity index (χ2n) is 4.97. The van der Waals surface area contributed by atoms with Crippen LogP contribution >= 0.6 is 27.3 Å². The summed E-state index contributed by atoms with van der Waals surface area (Å²) in [5.74, 6) is 0. The number of hydrogen-bond acceptors (Lipinski definition) is 3. The molecule has 1 aromatic rings. The van der Waals surface area contributed by atoms with Crippen molar-refractivity contribution >= 4 is 27.3 Å². The van der Waals surface area contributed by atoms with Gasteiger partial charge >= 0.3 is 0 Å². The quantitative estimate of drug-likeness (QED) is 0.840. The molecule has 1 aliphatic rings. The lowest BCUT2D eigenvalue weighted by Crippen LogP contribution is -2.35. The van der Waals surface area contributed by atoms with Gasteiger partial charge in [-0.25, -0.2) is 0 Å². The number of hydrogen-bond donors (Lipinski definition) is 2. The minimum absolute atomic E-state index is 0.498. The van der Waals surface area contributed by atoms with Gasteiger partial charge in [-0.15, -0.1) is 11.3 Å². The summed E-state index contributed by atoms with van der Waals surface area (Å²) in [6.07, 6.45) is 3.93. The Kier molecular flexibility index (Phi) is 5.03. The topological polar surface area (TPSA) is 24.1 Å². The van der Waals surface area contributed by atoms with Gasteiger partial charge in [0, 0.05) is 29.0 Å². The van der Waals surface area contributed by atoms with E-state index in [4.69, 9.17) is 0 Å². The van der Waals surface area contributed by atoms with Gasteiger partial charge in [0.1, 0.15) is 0 Å². The summed E-state index contributed by atoms with van der Waals surface area (Å²) in [4.78, 5) is 1.41. The Hall–Kier alpha value is 0.1000. The van der Waals surface area contributed by atoms with Crippen molar-refractivity contribution < 1.29 is 0 Å². The van der Waals surface area contributed by atoms with E-state index in [-0.39, 0.29) is 0 Å². The first kappa shape index (κ1) is 13.5. The average molecular weight is 317 g/mol. The molecule has 4 heteroatoms. The fourth-order valence-electron chi connectivity index (χ4n) is 2.67. The molecule has 0 aliphatic carbocycles. The van der Waals surface area contributed by atoms with E-state index in [2.05, 4.69) is 44.9 Å². The van der Waals surface area contributed by atoms with E-state index >= 15 is 0 Å². The first-order valence-electron chi connectivity index (χ1n) is 6.39. The summed E-state index contributed by atoms with van der Waals surface area (Å²) >= 11 is 5.40. The van der Waals surface area contributed by atoms with Crippen LogP contribution in [0.2, 0.25) is 0 Å². The molecule has 0 aromatic carbocycles.